The molecule has 0 amide bonds. The quantitative estimate of drug-likeness (QED) is 0.486. The number of hydrogen-bond donors (Lipinski definition) is 1. The number of aromatic nitrogens is 1. The van der Waals surface area contributed by atoms with E-state index in [-0.39, 0.29) is 4.59 Å². The molecule has 0 radical (unpaired) electrons. The van der Waals surface area contributed by atoms with Crippen molar-refractivity contribution in [2.75, 3.05) is 0 Å². The molecule has 3 aliphatic rings. The van der Waals surface area contributed by atoms with Crippen molar-refractivity contribution in [2.24, 2.45) is 15.8 Å². The van der Waals surface area contributed by atoms with Crippen LogP contribution in [0.5, 0.6) is 0 Å². The summed E-state index contributed by atoms with van der Waals surface area (Å²) in [5.41, 5.74) is 3.52. The number of aliphatic imine (C=N–C) groups is 2. The van der Waals surface area contributed by atoms with Crippen molar-refractivity contribution in [2.45, 2.75) is 0 Å². The molecule has 4 rings (SSSR count). The second kappa shape index (κ2) is 4.74. The highest BCUT2D eigenvalue weighted by atomic mass is 15.6. The Morgan fingerprint density at radius 3 is 2.86 bits per heavy atom. The summed E-state index contributed by atoms with van der Waals surface area (Å²) in [6, 6.07) is 3.75. The molecular weight excluding hydrogens is 274 g/mol. The molecule has 5 heteroatoms. The molecule has 1 atom stereocenters. The summed E-state index contributed by atoms with van der Waals surface area (Å²) < 4.78 is -0.0444. The number of fused-ring (bicyclic) bond motifs is 1. The fourth-order valence-corrected chi connectivity index (χ4v) is 2.35. The van der Waals surface area contributed by atoms with Crippen LogP contribution in [0.15, 0.2) is 82.1 Å². The van der Waals surface area contributed by atoms with E-state index >= 15 is 0 Å². The third-order valence-electron chi connectivity index (χ3n) is 3.60. The molecule has 0 saturated heterocycles. The number of rotatable bonds is 1. The molecule has 1 unspecified atom stereocenters. The fourth-order valence-electron chi connectivity index (χ4n) is 2.35. The highest BCUT2D eigenvalue weighted by Crippen LogP contribution is 2.33. The van der Waals surface area contributed by atoms with Crippen molar-refractivity contribution >= 4 is 12.1 Å². The second-order valence-electron chi connectivity index (χ2n) is 5.00. The third-order valence-corrected chi connectivity index (χ3v) is 3.60. The van der Waals surface area contributed by atoms with Crippen molar-refractivity contribution in [1.29, 1.82) is 0 Å². The van der Waals surface area contributed by atoms with Gasteiger partial charge in [0.05, 0.1) is 12.4 Å². The van der Waals surface area contributed by atoms with Crippen molar-refractivity contribution in [3.05, 3.63) is 77.7 Å². The van der Waals surface area contributed by atoms with Gasteiger partial charge in [-0.2, -0.15) is 10.8 Å². The molecule has 22 heavy (non-hydrogen) atoms. The van der Waals surface area contributed by atoms with Crippen LogP contribution in [0.1, 0.15) is 5.56 Å². The van der Waals surface area contributed by atoms with Crippen molar-refractivity contribution in [1.82, 2.24) is 4.98 Å². The number of quaternary nitrogens is 1. The van der Waals surface area contributed by atoms with E-state index in [9.17, 15) is 0 Å². The number of pyridine rings is 1. The van der Waals surface area contributed by atoms with Crippen LogP contribution in [0.25, 0.3) is 0 Å². The van der Waals surface area contributed by atoms with Crippen LogP contribution in [-0.2, 0) is 0 Å². The zero-order valence-electron chi connectivity index (χ0n) is 11.6. The lowest BCUT2D eigenvalue weighted by atomic mass is 10.0. The van der Waals surface area contributed by atoms with Gasteiger partial charge in [-0.15, -0.1) is 4.59 Å². The zero-order valence-corrected chi connectivity index (χ0v) is 11.6. The van der Waals surface area contributed by atoms with Crippen LogP contribution in [0.3, 0.4) is 0 Å². The number of hydrogen-bond acceptors (Lipinski definition) is 4. The van der Waals surface area contributed by atoms with Gasteiger partial charge in [0.15, 0.2) is 0 Å². The first-order chi connectivity index (χ1) is 10.8. The van der Waals surface area contributed by atoms with E-state index < -0.39 is 0 Å². The number of nitrogens with zero attached hydrogens (tertiary/aromatic N) is 4. The molecule has 104 valence electrons. The van der Waals surface area contributed by atoms with E-state index in [0.717, 1.165) is 22.5 Å². The van der Waals surface area contributed by atoms with Crippen LogP contribution in [0.4, 0.5) is 0 Å². The summed E-state index contributed by atoms with van der Waals surface area (Å²) in [7, 11) is 0. The first-order valence-electron chi connectivity index (χ1n) is 6.80. The Labute approximate surface area is 127 Å². The Kier molecular flexibility index (Phi) is 2.73. The molecule has 1 aromatic heterocycles. The highest BCUT2D eigenvalue weighted by molar-refractivity contribution is 6.01. The Hall–Kier alpha value is -3.07. The van der Waals surface area contributed by atoms with Crippen molar-refractivity contribution in [3.63, 3.8) is 0 Å². The maximum atomic E-state index is 6.48. The van der Waals surface area contributed by atoms with E-state index in [4.69, 9.17) is 5.84 Å². The zero-order chi connectivity index (χ0) is 15.0. The summed E-state index contributed by atoms with van der Waals surface area (Å²) in [6.07, 6.45) is 14.6. The van der Waals surface area contributed by atoms with Gasteiger partial charge in [-0.3, -0.25) is 9.98 Å². The largest absolute Gasteiger partial charge is 0.311 e. The minimum atomic E-state index is -0.0444. The van der Waals surface area contributed by atoms with Crippen molar-refractivity contribution in [3.8, 4) is 11.8 Å². The molecule has 0 saturated carbocycles. The van der Waals surface area contributed by atoms with Gasteiger partial charge in [0.1, 0.15) is 11.9 Å². The summed E-state index contributed by atoms with van der Waals surface area (Å²) in [6.45, 7) is 0. The van der Waals surface area contributed by atoms with Crippen LogP contribution in [-0.4, -0.2) is 21.6 Å². The molecule has 2 N–H and O–H groups in total. The summed E-state index contributed by atoms with van der Waals surface area (Å²) in [4.78, 5) is 12.8. The van der Waals surface area contributed by atoms with E-state index in [1.807, 2.05) is 30.4 Å². The lowest BCUT2D eigenvalue weighted by molar-refractivity contribution is -0.749. The van der Waals surface area contributed by atoms with Gasteiger partial charge in [0, 0.05) is 29.5 Å². The van der Waals surface area contributed by atoms with Gasteiger partial charge in [-0.25, -0.2) is 0 Å². The number of nitrogens with two attached hydrogens (primary N) is 1. The number of amidine groups is 1. The first kappa shape index (κ1) is 12.7. The SMILES string of the molecule is N[N+]12C=CN=CC1=C(C1=CC=C1)N=C2C#Cc1cccnc1. The molecule has 3 heterocycles. The molecule has 0 fully saturated rings. The van der Waals surface area contributed by atoms with Gasteiger partial charge in [-0.05, 0) is 12.1 Å². The van der Waals surface area contributed by atoms with Crippen LogP contribution < -0.4 is 5.84 Å². The van der Waals surface area contributed by atoms with E-state index in [0.29, 0.717) is 5.84 Å². The lowest BCUT2D eigenvalue weighted by Crippen LogP contribution is -2.52. The van der Waals surface area contributed by atoms with Gasteiger partial charge < -0.3 is 0 Å². The Bertz CT molecular complexity index is 888. The number of allylic oxidation sites excluding steroid dienone is 4. The summed E-state index contributed by atoms with van der Waals surface area (Å²) >= 11 is 0. The third kappa shape index (κ3) is 1.87. The van der Waals surface area contributed by atoms with Gasteiger partial charge >= 0.3 is 5.84 Å². The second-order valence-corrected chi connectivity index (χ2v) is 5.00. The van der Waals surface area contributed by atoms with Gasteiger partial charge in [0.25, 0.3) is 0 Å². The smallest absolute Gasteiger partial charge is 0.263 e. The van der Waals surface area contributed by atoms with Crippen LogP contribution in [0.2, 0.25) is 0 Å². The monoisotopic (exact) mass is 286 g/mol. The molecule has 1 aliphatic carbocycles. The standard InChI is InChI=1S/C17H12N5/c18-22-10-9-20-12-15(22)17(14-4-1-5-14)21-16(22)7-6-13-3-2-8-19-11-13/h1-5,8-12H,18H2/q+1. The Balaban J connectivity index is 1.77. The van der Waals surface area contributed by atoms with Gasteiger partial charge in [-0.1, -0.05) is 24.1 Å². The molecule has 2 aliphatic heterocycles. The van der Waals surface area contributed by atoms with E-state index in [1.165, 1.54) is 0 Å². The fraction of sp³-hybridized carbons (Fsp3) is 0. The molecule has 1 aromatic rings. The van der Waals surface area contributed by atoms with E-state index in [1.54, 1.807) is 31.0 Å². The maximum absolute atomic E-state index is 6.48. The topological polar surface area (TPSA) is 63.6 Å². The molecule has 0 spiro atoms. The van der Waals surface area contributed by atoms with E-state index in [2.05, 4.69) is 26.8 Å². The average Bonchev–Trinajstić information content (AvgIpc) is 2.77. The van der Waals surface area contributed by atoms with Crippen molar-refractivity contribution < 1.29 is 4.59 Å². The Morgan fingerprint density at radius 2 is 2.14 bits per heavy atom. The lowest BCUT2D eigenvalue weighted by Gasteiger charge is -2.23. The first-order valence-corrected chi connectivity index (χ1v) is 6.80. The highest BCUT2D eigenvalue weighted by Gasteiger charge is 2.43. The molecule has 5 nitrogen and oxygen atoms in total. The minimum absolute atomic E-state index is 0.0444. The molecule has 0 bridgehead atoms. The average molecular weight is 286 g/mol. The Morgan fingerprint density at radius 1 is 1.23 bits per heavy atom. The minimum Gasteiger partial charge on any atom is -0.263 e. The van der Waals surface area contributed by atoms with Gasteiger partial charge in [0.2, 0.25) is 5.70 Å². The summed E-state index contributed by atoms with van der Waals surface area (Å²) in [5.74, 6) is 13.2. The van der Waals surface area contributed by atoms with Crippen LogP contribution >= 0.6 is 0 Å². The predicted octanol–water partition coefficient (Wildman–Crippen LogP) is 1.80. The van der Waals surface area contributed by atoms with Crippen LogP contribution in [0, 0.1) is 11.8 Å². The predicted molar refractivity (Wildman–Crippen MR) is 84.9 cm³/mol. The normalized spacial score (nSPS) is 24.2. The molecule has 0 aromatic carbocycles. The molecular formula is C17H12N5+. The maximum Gasteiger partial charge on any atom is 0.311 e. The summed E-state index contributed by atoms with van der Waals surface area (Å²) in [5, 5.41) is 0.